The number of anilines is 1. The molecule has 0 saturated carbocycles. The average Bonchev–Trinajstić information content (AvgIpc) is 3.20. The van der Waals surface area contributed by atoms with Crippen molar-refractivity contribution in [2.45, 2.75) is 26.7 Å². The van der Waals surface area contributed by atoms with E-state index in [0.717, 1.165) is 35.0 Å². The molecular weight excluding hydrogens is 372 g/mol. The molecule has 144 valence electrons. The molecule has 3 aromatic rings. The van der Waals surface area contributed by atoms with E-state index < -0.39 is 0 Å². The molecule has 0 spiro atoms. The van der Waals surface area contributed by atoms with Crippen LogP contribution in [-0.2, 0) is 4.79 Å². The highest BCUT2D eigenvalue weighted by Crippen LogP contribution is 2.24. The number of pyridine rings is 1. The number of likely N-dealkylation sites (tertiary alicyclic amines) is 1. The van der Waals surface area contributed by atoms with Crippen LogP contribution >= 0.6 is 11.3 Å². The van der Waals surface area contributed by atoms with Gasteiger partial charge in [0, 0.05) is 30.1 Å². The summed E-state index contributed by atoms with van der Waals surface area (Å²) in [5.41, 5.74) is 3.35. The van der Waals surface area contributed by atoms with Gasteiger partial charge in [-0.1, -0.05) is 11.6 Å². The Kier molecular flexibility index (Phi) is 5.09. The number of thiazole rings is 1. The maximum atomic E-state index is 13.2. The number of hydrogen-bond acceptors (Lipinski definition) is 5. The van der Waals surface area contributed by atoms with Crippen LogP contribution in [0.1, 0.15) is 34.5 Å². The lowest BCUT2D eigenvalue weighted by molar-refractivity contribution is -0.121. The zero-order valence-corrected chi connectivity index (χ0v) is 16.8. The summed E-state index contributed by atoms with van der Waals surface area (Å²) in [5.74, 6) is -0.353. The van der Waals surface area contributed by atoms with E-state index in [-0.39, 0.29) is 17.7 Å². The molecule has 2 aromatic heterocycles. The first-order valence-electron chi connectivity index (χ1n) is 9.39. The summed E-state index contributed by atoms with van der Waals surface area (Å²) in [7, 11) is 0. The van der Waals surface area contributed by atoms with Crippen molar-refractivity contribution in [1.82, 2.24) is 14.9 Å². The molecule has 3 heterocycles. The molecular formula is C21H22N4O2S. The summed E-state index contributed by atoms with van der Waals surface area (Å²) in [6.45, 7) is 4.96. The van der Waals surface area contributed by atoms with E-state index in [2.05, 4.69) is 15.3 Å². The first kappa shape index (κ1) is 18.6. The zero-order valence-electron chi connectivity index (χ0n) is 15.9. The molecule has 0 unspecified atom stereocenters. The quantitative estimate of drug-likeness (QED) is 0.733. The molecule has 0 aliphatic carbocycles. The molecule has 0 radical (unpaired) electrons. The van der Waals surface area contributed by atoms with Crippen LogP contribution in [0.2, 0.25) is 0 Å². The molecule has 1 aliphatic heterocycles. The van der Waals surface area contributed by atoms with Gasteiger partial charge in [0.25, 0.3) is 5.91 Å². The molecule has 1 N–H and O–H groups in total. The topological polar surface area (TPSA) is 75.2 Å². The maximum absolute atomic E-state index is 13.2. The summed E-state index contributed by atoms with van der Waals surface area (Å²) in [5, 5.41) is 6.23. The van der Waals surface area contributed by atoms with E-state index in [9.17, 15) is 9.59 Å². The Morgan fingerprint density at radius 1 is 1.25 bits per heavy atom. The van der Waals surface area contributed by atoms with E-state index in [0.29, 0.717) is 23.8 Å². The fraction of sp³-hybridized carbons (Fsp3) is 0.333. The number of hydrogen-bond donors (Lipinski definition) is 1. The van der Waals surface area contributed by atoms with Gasteiger partial charge in [0.15, 0.2) is 5.13 Å². The predicted octanol–water partition coefficient (Wildman–Crippen LogP) is 3.80. The van der Waals surface area contributed by atoms with Crippen molar-refractivity contribution in [3.8, 4) is 0 Å². The number of fused-ring (bicyclic) bond motifs is 1. The second-order valence-electron chi connectivity index (χ2n) is 7.23. The lowest BCUT2D eigenvalue weighted by Crippen LogP contribution is -2.44. The highest BCUT2D eigenvalue weighted by Gasteiger charge is 2.30. The molecule has 1 aliphatic rings. The van der Waals surface area contributed by atoms with Crippen molar-refractivity contribution in [2.24, 2.45) is 5.92 Å². The van der Waals surface area contributed by atoms with Gasteiger partial charge in [-0.05, 0) is 44.9 Å². The molecule has 1 saturated heterocycles. The van der Waals surface area contributed by atoms with Crippen LogP contribution in [-0.4, -0.2) is 39.8 Å². The molecule has 28 heavy (non-hydrogen) atoms. The van der Waals surface area contributed by atoms with Crippen molar-refractivity contribution >= 4 is 39.2 Å². The minimum absolute atomic E-state index is 0.0554. The minimum atomic E-state index is -0.224. The van der Waals surface area contributed by atoms with Gasteiger partial charge < -0.3 is 10.2 Å². The Labute approximate surface area is 167 Å². The molecule has 1 fully saturated rings. The fourth-order valence-electron chi connectivity index (χ4n) is 3.65. The first-order chi connectivity index (χ1) is 13.5. The lowest BCUT2D eigenvalue weighted by Gasteiger charge is -2.32. The summed E-state index contributed by atoms with van der Waals surface area (Å²) < 4.78 is 0. The number of carbonyl (C=O) groups excluding carboxylic acids is 2. The monoisotopic (exact) mass is 394 g/mol. The van der Waals surface area contributed by atoms with Gasteiger partial charge >= 0.3 is 0 Å². The number of piperidine rings is 1. The van der Waals surface area contributed by atoms with Gasteiger partial charge in [0.2, 0.25) is 5.91 Å². The summed E-state index contributed by atoms with van der Waals surface area (Å²) >= 11 is 1.39. The predicted molar refractivity (Wildman–Crippen MR) is 111 cm³/mol. The molecule has 0 bridgehead atoms. The van der Waals surface area contributed by atoms with Gasteiger partial charge in [-0.15, -0.1) is 11.3 Å². The van der Waals surface area contributed by atoms with Gasteiger partial charge in [-0.2, -0.15) is 0 Å². The Balaban J connectivity index is 1.53. The van der Waals surface area contributed by atoms with Crippen LogP contribution in [0.4, 0.5) is 5.13 Å². The van der Waals surface area contributed by atoms with Gasteiger partial charge in [-0.25, -0.2) is 4.98 Å². The SMILES string of the molecule is Cc1ccc2nc(C)c(C(=O)N3CCC[C@H](C(=O)Nc4nccs4)C3)cc2c1. The van der Waals surface area contributed by atoms with Crippen molar-refractivity contribution in [1.29, 1.82) is 0 Å². The van der Waals surface area contributed by atoms with Crippen LogP contribution in [0.15, 0.2) is 35.8 Å². The molecule has 1 aromatic carbocycles. The van der Waals surface area contributed by atoms with E-state index in [1.807, 2.05) is 43.5 Å². The van der Waals surface area contributed by atoms with E-state index >= 15 is 0 Å². The number of nitrogens with one attached hydrogen (secondary N) is 1. The third-order valence-corrected chi connectivity index (χ3v) is 5.82. The van der Waals surface area contributed by atoms with Crippen molar-refractivity contribution < 1.29 is 9.59 Å². The van der Waals surface area contributed by atoms with Crippen LogP contribution in [0.5, 0.6) is 0 Å². The average molecular weight is 395 g/mol. The van der Waals surface area contributed by atoms with Crippen molar-refractivity contribution in [3.63, 3.8) is 0 Å². The molecule has 1 atom stereocenters. The smallest absolute Gasteiger partial charge is 0.255 e. The van der Waals surface area contributed by atoms with Gasteiger partial charge in [0.05, 0.1) is 22.7 Å². The fourth-order valence-corrected chi connectivity index (χ4v) is 4.18. The number of benzene rings is 1. The number of carbonyl (C=O) groups is 2. The highest BCUT2D eigenvalue weighted by atomic mass is 32.1. The molecule has 4 rings (SSSR count). The van der Waals surface area contributed by atoms with Crippen LogP contribution < -0.4 is 5.32 Å². The third kappa shape index (κ3) is 3.75. The summed E-state index contributed by atoms with van der Waals surface area (Å²) in [6.07, 6.45) is 3.24. The number of amides is 2. The zero-order chi connectivity index (χ0) is 19.7. The largest absolute Gasteiger partial charge is 0.338 e. The summed E-state index contributed by atoms with van der Waals surface area (Å²) in [4.78, 5) is 36.2. The van der Waals surface area contributed by atoms with Crippen LogP contribution in [0, 0.1) is 19.8 Å². The maximum Gasteiger partial charge on any atom is 0.255 e. The standard InChI is InChI=1S/C21H22N4O2S/c1-13-5-6-18-16(10-13)11-17(14(2)23-18)20(27)25-8-3-4-15(12-25)19(26)24-21-22-7-9-28-21/h5-7,9-11,15H,3-4,8,12H2,1-2H3,(H,22,24,26)/t15-/m0/s1. The molecule has 2 amide bonds. The Morgan fingerprint density at radius 3 is 2.89 bits per heavy atom. The van der Waals surface area contributed by atoms with Gasteiger partial charge in [-0.3, -0.25) is 14.6 Å². The van der Waals surface area contributed by atoms with Crippen molar-refractivity contribution in [3.05, 3.63) is 52.7 Å². The second kappa shape index (κ2) is 7.67. The number of nitrogens with zero attached hydrogens (tertiary/aromatic N) is 3. The van der Waals surface area contributed by atoms with Gasteiger partial charge in [0.1, 0.15) is 0 Å². The third-order valence-electron chi connectivity index (χ3n) is 5.13. The normalized spacial score (nSPS) is 16.9. The number of aromatic nitrogens is 2. The van der Waals surface area contributed by atoms with E-state index in [1.165, 1.54) is 11.3 Å². The Hall–Kier alpha value is -2.80. The first-order valence-corrected chi connectivity index (χ1v) is 10.3. The number of rotatable bonds is 3. The van der Waals surface area contributed by atoms with Crippen LogP contribution in [0.25, 0.3) is 10.9 Å². The molecule has 6 nitrogen and oxygen atoms in total. The Bertz CT molecular complexity index is 1030. The van der Waals surface area contributed by atoms with E-state index in [1.54, 1.807) is 11.1 Å². The Morgan fingerprint density at radius 2 is 2.11 bits per heavy atom. The summed E-state index contributed by atoms with van der Waals surface area (Å²) in [6, 6.07) is 7.96. The second-order valence-corrected chi connectivity index (χ2v) is 8.13. The van der Waals surface area contributed by atoms with E-state index in [4.69, 9.17) is 0 Å². The highest BCUT2D eigenvalue weighted by molar-refractivity contribution is 7.13. The van der Waals surface area contributed by atoms with Crippen molar-refractivity contribution in [2.75, 3.05) is 18.4 Å². The lowest BCUT2D eigenvalue weighted by atomic mass is 9.96. The molecule has 7 heteroatoms. The van der Waals surface area contributed by atoms with Crippen LogP contribution in [0.3, 0.4) is 0 Å². The number of aryl methyl sites for hydroxylation is 2. The minimum Gasteiger partial charge on any atom is -0.338 e.